The van der Waals surface area contributed by atoms with Crippen LogP contribution in [0.25, 0.3) is 0 Å². The summed E-state index contributed by atoms with van der Waals surface area (Å²) in [6.07, 6.45) is 2.56. The van der Waals surface area contributed by atoms with Crippen LogP contribution in [0.15, 0.2) is 12.1 Å². The number of hydrogen-bond acceptors (Lipinski definition) is 2. The van der Waals surface area contributed by atoms with Crippen LogP contribution in [0.3, 0.4) is 0 Å². The Kier molecular flexibility index (Phi) is 6.03. The molecule has 1 amide bonds. The highest BCUT2D eigenvalue weighted by Gasteiger charge is 2.18. The average Bonchev–Trinajstić information content (AvgIpc) is 2.84. The molecule has 1 aromatic carbocycles. The summed E-state index contributed by atoms with van der Waals surface area (Å²) < 4.78 is 0. The molecule has 0 unspecified atom stereocenters. The van der Waals surface area contributed by atoms with E-state index in [4.69, 9.17) is 23.8 Å². The first-order chi connectivity index (χ1) is 10.5. The van der Waals surface area contributed by atoms with Crippen molar-refractivity contribution >= 4 is 40.5 Å². The number of halogens is 1. The first-order valence-electron chi connectivity index (χ1n) is 7.57. The van der Waals surface area contributed by atoms with E-state index >= 15 is 0 Å². The normalized spacial score (nSPS) is 14.3. The third-order valence-electron chi connectivity index (χ3n) is 3.73. The first kappa shape index (κ1) is 17.0. The van der Waals surface area contributed by atoms with Gasteiger partial charge in [0.25, 0.3) is 0 Å². The van der Waals surface area contributed by atoms with Gasteiger partial charge < -0.3 is 15.5 Å². The second-order valence-corrected chi connectivity index (χ2v) is 6.47. The lowest BCUT2D eigenvalue weighted by Gasteiger charge is -2.17. The number of aryl methyl sites for hydroxylation is 2. The number of rotatable bonds is 5. The minimum atomic E-state index is 0.266. The summed E-state index contributed by atoms with van der Waals surface area (Å²) in [6, 6.07) is 3.98. The molecule has 1 fully saturated rings. The monoisotopic (exact) mass is 339 g/mol. The SMILES string of the molecule is Cc1cc(C)c(NC(=S)NCCCN2CCCC2=O)c(Cl)c1. The number of hydrogen-bond donors (Lipinski definition) is 2. The Balaban J connectivity index is 1.75. The van der Waals surface area contributed by atoms with E-state index in [0.717, 1.165) is 49.3 Å². The Morgan fingerprint density at radius 2 is 2.18 bits per heavy atom. The van der Waals surface area contributed by atoms with Gasteiger partial charge in [0.2, 0.25) is 5.91 Å². The molecular weight excluding hydrogens is 318 g/mol. The molecule has 120 valence electrons. The molecule has 6 heteroatoms. The second kappa shape index (κ2) is 7.79. The molecule has 0 aliphatic carbocycles. The third kappa shape index (κ3) is 4.58. The summed E-state index contributed by atoms with van der Waals surface area (Å²) in [5, 5.41) is 7.54. The van der Waals surface area contributed by atoms with Gasteiger partial charge in [-0.25, -0.2) is 0 Å². The predicted molar refractivity (Wildman–Crippen MR) is 95.6 cm³/mol. The van der Waals surface area contributed by atoms with Gasteiger partial charge in [0.15, 0.2) is 5.11 Å². The van der Waals surface area contributed by atoms with Gasteiger partial charge in [0.05, 0.1) is 10.7 Å². The van der Waals surface area contributed by atoms with Crippen molar-refractivity contribution in [2.45, 2.75) is 33.1 Å². The van der Waals surface area contributed by atoms with Crippen LogP contribution >= 0.6 is 23.8 Å². The summed E-state index contributed by atoms with van der Waals surface area (Å²) in [5.74, 6) is 0.266. The van der Waals surface area contributed by atoms with Crippen molar-refractivity contribution in [2.24, 2.45) is 0 Å². The maximum atomic E-state index is 11.5. The van der Waals surface area contributed by atoms with Crippen molar-refractivity contribution in [3.63, 3.8) is 0 Å². The molecule has 0 spiro atoms. The fourth-order valence-corrected chi connectivity index (χ4v) is 3.22. The van der Waals surface area contributed by atoms with E-state index in [2.05, 4.69) is 16.7 Å². The van der Waals surface area contributed by atoms with E-state index < -0.39 is 0 Å². The number of carbonyl (C=O) groups is 1. The molecule has 22 heavy (non-hydrogen) atoms. The summed E-state index contributed by atoms with van der Waals surface area (Å²) in [7, 11) is 0. The van der Waals surface area contributed by atoms with Crippen LogP contribution in [0.4, 0.5) is 5.69 Å². The quantitative estimate of drug-likeness (QED) is 0.638. The van der Waals surface area contributed by atoms with Gasteiger partial charge in [-0.05, 0) is 56.1 Å². The van der Waals surface area contributed by atoms with E-state index in [9.17, 15) is 4.79 Å². The van der Waals surface area contributed by atoms with Crippen molar-refractivity contribution in [3.05, 3.63) is 28.3 Å². The standard InChI is InChI=1S/C16H22ClN3OS/c1-11-9-12(2)15(13(17)10-11)19-16(22)18-6-4-8-20-7-3-5-14(20)21/h9-10H,3-8H2,1-2H3,(H2,18,19,22). The summed E-state index contributed by atoms with van der Waals surface area (Å²) in [4.78, 5) is 13.4. The van der Waals surface area contributed by atoms with E-state index in [-0.39, 0.29) is 5.91 Å². The van der Waals surface area contributed by atoms with E-state index in [0.29, 0.717) is 16.6 Å². The Hall–Kier alpha value is -1.33. The molecule has 1 aliphatic heterocycles. The summed E-state index contributed by atoms with van der Waals surface area (Å²) in [6.45, 7) is 6.43. The van der Waals surface area contributed by atoms with Gasteiger partial charge >= 0.3 is 0 Å². The highest BCUT2D eigenvalue weighted by molar-refractivity contribution is 7.80. The first-order valence-corrected chi connectivity index (χ1v) is 8.35. The van der Waals surface area contributed by atoms with Gasteiger partial charge in [0.1, 0.15) is 0 Å². The number of amides is 1. The number of anilines is 1. The Bertz CT molecular complexity index is 554. The van der Waals surface area contributed by atoms with Crippen LogP contribution < -0.4 is 10.6 Å². The minimum Gasteiger partial charge on any atom is -0.362 e. The zero-order chi connectivity index (χ0) is 16.1. The molecule has 2 rings (SSSR count). The lowest BCUT2D eigenvalue weighted by atomic mass is 10.1. The zero-order valence-electron chi connectivity index (χ0n) is 13.0. The van der Waals surface area contributed by atoms with Crippen molar-refractivity contribution < 1.29 is 4.79 Å². The van der Waals surface area contributed by atoms with Crippen molar-refractivity contribution in [1.82, 2.24) is 10.2 Å². The largest absolute Gasteiger partial charge is 0.362 e. The fraction of sp³-hybridized carbons (Fsp3) is 0.500. The number of carbonyl (C=O) groups excluding carboxylic acids is 1. The molecule has 0 saturated carbocycles. The number of nitrogens with zero attached hydrogens (tertiary/aromatic N) is 1. The third-order valence-corrected chi connectivity index (χ3v) is 4.28. The Labute approximate surface area is 142 Å². The highest BCUT2D eigenvalue weighted by Crippen LogP contribution is 2.27. The zero-order valence-corrected chi connectivity index (χ0v) is 14.6. The van der Waals surface area contributed by atoms with Crippen molar-refractivity contribution in [2.75, 3.05) is 25.0 Å². The predicted octanol–water partition coefficient (Wildman–Crippen LogP) is 3.26. The molecule has 0 aromatic heterocycles. The minimum absolute atomic E-state index is 0.266. The maximum absolute atomic E-state index is 11.5. The van der Waals surface area contributed by atoms with Crippen LogP contribution in [0.5, 0.6) is 0 Å². The van der Waals surface area contributed by atoms with Crippen LogP contribution in [0.1, 0.15) is 30.4 Å². The van der Waals surface area contributed by atoms with Gasteiger partial charge in [-0.1, -0.05) is 17.7 Å². The van der Waals surface area contributed by atoms with Gasteiger partial charge in [-0.3, -0.25) is 4.79 Å². The average molecular weight is 340 g/mol. The fourth-order valence-electron chi connectivity index (χ4n) is 2.64. The smallest absolute Gasteiger partial charge is 0.222 e. The Morgan fingerprint density at radius 1 is 1.41 bits per heavy atom. The van der Waals surface area contributed by atoms with Crippen molar-refractivity contribution in [1.29, 1.82) is 0 Å². The molecule has 0 bridgehead atoms. The molecular formula is C16H22ClN3OS. The molecule has 2 N–H and O–H groups in total. The molecule has 1 heterocycles. The van der Waals surface area contributed by atoms with Crippen LogP contribution in [0, 0.1) is 13.8 Å². The molecule has 0 radical (unpaired) electrons. The van der Waals surface area contributed by atoms with E-state index in [1.54, 1.807) is 0 Å². The van der Waals surface area contributed by atoms with Gasteiger partial charge in [0, 0.05) is 26.1 Å². The molecule has 0 atom stereocenters. The van der Waals surface area contributed by atoms with E-state index in [1.807, 2.05) is 24.8 Å². The number of nitrogens with one attached hydrogen (secondary N) is 2. The molecule has 1 saturated heterocycles. The van der Waals surface area contributed by atoms with E-state index in [1.165, 1.54) is 0 Å². The Morgan fingerprint density at radius 3 is 2.82 bits per heavy atom. The lowest BCUT2D eigenvalue weighted by Crippen LogP contribution is -2.33. The number of benzene rings is 1. The highest BCUT2D eigenvalue weighted by atomic mass is 35.5. The van der Waals surface area contributed by atoms with Gasteiger partial charge in [-0.15, -0.1) is 0 Å². The van der Waals surface area contributed by atoms with Crippen LogP contribution in [-0.2, 0) is 4.79 Å². The second-order valence-electron chi connectivity index (χ2n) is 5.66. The van der Waals surface area contributed by atoms with Crippen LogP contribution in [0.2, 0.25) is 5.02 Å². The van der Waals surface area contributed by atoms with Gasteiger partial charge in [-0.2, -0.15) is 0 Å². The maximum Gasteiger partial charge on any atom is 0.222 e. The van der Waals surface area contributed by atoms with Crippen LogP contribution in [-0.4, -0.2) is 35.6 Å². The van der Waals surface area contributed by atoms with Crippen molar-refractivity contribution in [3.8, 4) is 0 Å². The molecule has 1 aromatic rings. The summed E-state index contributed by atoms with van der Waals surface area (Å²) >= 11 is 11.5. The molecule has 1 aliphatic rings. The topological polar surface area (TPSA) is 44.4 Å². The lowest BCUT2D eigenvalue weighted by molar-refractivity contribution is -0.127. The number of likely N-dealkylation sites (tertiary alicyclic amines) is 1. The summed E-state index contributed by atoms with van der Waals surface area (Å²) in [5.41, 5.74) is 3.04. The molecule has 4 nitrogen and oxygen atoms in total. The number of thiocarbonyl (C=S) groups is 1.